The number of nitrogens with zero attached hydrogens (tertiary/aromatic N) is 2. The second kappa shape index (κ2) is 6.05. The number of methoxy groups -OCH3 is 1. The van der Waals surface area contributed by atoms with Crippen LogP contribution in [0.1, 0.15) is 21.3 Å². The van der Waals surface area contributed by atoms with Gasteiger partial charge in [-0.1, -0.05) is 34.8 Å². The monoisotopic (exact) mass is 277 g/mol. The van der Waals surface area contributed by atoms with E-state index >= 15 is 0 Å². The van der Waals surface area contributed by atoms with Crippen LogP contribution in [-0.2, 0) is 9.53 Å². The summed E-state index contributed by atoms with van der Waals surface area (Å²) >= 11 is 0.962. The van der Waals surface area contributed by atoms with Gasteiger partial charge < -0.3 is 10.1 Å². The average Bonchev–Trinajstić information content (AvgIpc) is 2.99. The molecule has 1 aromatic carbocycles. The molecule has 2 aromatic rings. The van der Waals surface area contributed by atoms with E-state index in [9.17, 15) is 9.59 Å². The third-order valence-corrected chi connectivity index (χ3v) is 3.09. The highest BCUT2D eigenvalue weighted by atomic mass is 32.1. The van der Waals surface area contributed by atoms with Gasteiger partial charge in [0.2, 0.25) is 0 Å². The van der Waals surface area contributed by atoms with Gasteiger partial charge in [-0.2, -0.15) is 0 Å². The lowest BCUT2D eigenvalue weighted by Crippen LogP contribution is -2.34. The molecule has 2 rings (SSSR count). The summed E-state index contributed by atoms with van der Waals surface area (Å²) in [6, 6.07) is 8.03. The largest absolute Gasteiger partial charge is 0.467 e. The molecule has 1 unspecified atom stereocenters. The molecular weight excluding hydrogens is 266 g/mol. The van der Waals surface area contributed by atoms with Crippen molar-refractivity contribution < 1.29 is 14.3 Å². The van der Waals surface area contributed by atoms with E-state index in [2.05, 4.69) is 14.9 Å². The van der Waals surface area contributed by atoms with Crippen molar-refractivity contribution in [3.8, 4) is 0 Å². The zero-order valence-corrected chi connectivity index (χ0v) is 10.9. The number of aromatic nitrogens is 2. The number of carbonyl (C=O) groups is 2. The van der Waals surface area contributed by atoms with Crippen LogP contribution in [0.4, 0.5) is 0 Å². The Morgan fingerprint density at radius 1 is 1.32 bits per heavy atom. The molecule has 19 heavy (non-hydrogen) atoms. The second-order valence-electron chi connectivity index (χ2n) is 3.62. The predicted molar refractivity (Wildman–Crippen MR) is 68.6 cm³/mol. The number of hydrogen-bond donors (Lipinski definition) is 1. The molecule has 1 amide bonds. The first-order chi connectivity index (χ1) is 9.22. The number of esters is 1. The molecule has 0 radical (unpaired) electrons. The van der Waals surface area contributed by atoms with Crippen molar-refractivity contribution in [3.63, 3.8) is 0 Å². The molecule has 7 heteroatoms. The predicted octanol–water partition coefficient (Wildman–Crippen LogP) is 1.18. The zero-order chi connectivity index (χ0) is 13.7. The maximum Gasteiger partial charge on any atom is 0.333 e. The topological polar surface area (TPSA) is 81.2 Å². The van der Waals surface area contributed by atoms with Gasteiger partial charge in [-0.05, 0) is 17.1 Å². The van der Waals surface area contributed by atoms with E-state index in [1.807, 2.05) is 6.07 Å². The van der Waals surface area contributed by atoms with Gasteiger partial charge >= 0.3 is 5.97 Å². The number of rotatable bonds is 4. The fourth-order valence-corrected chi connectivity index (χ4v) is 1.93. The Kier molecular flexibility index (Phi) is 4.19. The van der Waals surface area contributed by atoms with Gasteiger partial charge in [0.1, 0.15) is 4.88 Å². The molecule has 1 aromatic heterocycles. The van der Waals surface area contributed by atoms with Crippen molar-refractivity contribution >= 4 is 23.4 Å². The Morgan fingerprint density at radius 3 is 2.63 bits per heavy atom. The number of amides is 1. The fraction of sp³-hybridized carbons (Fsp3) is 0.167. The average molecular weight is 277 g/mol. The Hall–Kier alpha value is -2.28. The van der Waals surface area contributed by atoms with E-state index < -0.39 is 17.9 Å². The standard InChI is InChI=1S/C12H11N3O3S/c1-18-12(17)10(8-5-3-2-4-6-8)14-11(16)9-7-13-15-19-9/h2-7,10H,1H3,(H,14,16). The maximum atomic E-state index is 11.9. The third kappa shape index (κ3) is 3.14. The molecule has 1 heterocycles. The van der Waals surface area contributed by atoms with Crippen molar-refractivity contribution in [2.45, 2.75) is 6.04 Å². The summed E-state index contributed by atoms with van der Waals surface area (Å²) in [7, 11) is 1.28. The van der Waals surface area contributed by atoms with E-state index in [1.54, 1.807) is 24.3 Å². The molecule has 0 saturated heterocycles. The number of carbonyl (C=O) groups excluding carboxylic acids is 2. The molecule has 98 valence electrons. The first-order valence-electron chi connectivity index (χ1n) is 5.43. The fourth-order valence-electron chi connectivity index (χ4n) is 1.51. The lowest BCUT2D eigenvalue weighted by Gasteiger charge is -2.16. The molecule has 0 aliphatic rings. The first-order valence-corrected chi connectivity index (χ1v) is 6.20. The van der Waals surface area contributed by atoms with E-state index in [1.165, 1.54) is 13.3 Å². The molecule has 0 fully saturated rings. The van der Waals surface area contributed by atoms with Gasteiger partial charge in [-0.15, -0.1) is 5.10 Å². The SMILES string of the molecule is COC(=O)C(NC(=O)c1cnns1)c1ccccc1. The van der Waals surface area contributed by atoms with Crippen molar-refractivity contribution in [2.24, 2.45) is 0 Å². The van der Waals surface area contributed by atoms with Crippen LogP contribution in [0, 0.1) is 0 Å². The van der Waals surface area contributed by atoms with Gasteiger partial charge in [0.05, 0.1) is 13.3 Å². The number of nitrogens with one attached hydrogen (secondary N) is 1. The Morgan fingerprint density at radius 2 is 2.05 bits per heavy atom. The van der Waals surface area contributed by atoms with Crippen LogP contribution in [0.5, 0.6) is 0 Å². The number of benzene rings is 1. The van der Waals surface area contributed by atoms with Crippen LogP contribution >= 0.6 is 11.5 Å². The Labute approximate surface area is 113 Å². The molecule has 0 saturated carbocycles. The van der Waals surface area contributed by atoms with Crippen molar-refractivity contribution in [1.29, 1.82) is 0 Å². The summed E-state index contributed by atoms with van der Waals surface area (Å²) in [5, 5.41) is 6.18. The van der Waals surface area contributed by atoms with Crippen molar-refractivity contribution in [1.82, 2.24) is 14.9 Å². The lowest BCUT2D eigenvalue weighted by atomic mass is 10.1. The molecule has 1 N–H and O–H groups in total. The molecule has 1 atom stereocenters. The normalized spacial score (nSPS) is 11.6. The minimum Gasteiger partial charge on any atom is -0.467 e. The van der Waals surface area contributed by atoms with Crippen LogP contribution in [0.15, 0.2) is 36.5 Å². The molecule has 0 bridgehead atoms. The number of hydrogen-bond acceptors (Lipinski definition) is 6. The molecule has 0 aliphatic heterocycles. The summed E-state index contributed by atoms with van der Waals surface area (Å²) in [6.45, 7) is 0. The van der Waals surface area contributed by atoms with Gasteiger partial charge in [0, 0.05) is 0 Å². The van der Waals surface area contributed by atoms with Crippen molar-refractivity contribution in [3.05, 3.63) is 47.0 Å². The Bertz CT molecular complexity index is 557. The zero-order valence-electron chi connectivity index (χ0n) is 10.1. The van der Waals surface area contributed by atoms with Gasteiger partial charge in [0.25, 0.3) is 5.91 Å². The summed E-state index contributed by atoms with van der Waals surface area (Å²) in [5.41, 5.74) is 0.653. The van der Waals surface area contributed by atoms with E-state index in [0.717, 1.165) is 11.5 Å². The van der Waals surface area contributed by atoms with Gasteiger partial charge in [-0.25, -0.2) is 4.79 Å². The van der Waals surface area contributed by atoms with Gasteiger partial charge in [0.15, 0.2) is 6.04 Å². The summed E-state index contributed by atoms with van der Waals surface area (Å²) in [5.74, 6) is -0.939. The van der Waals surface area contributed by atoms with E-state index in [4.69, 9.17) is 4.74 Å². The highest BCUT2D eigenvalue weighted by Gasteiger charge is 2.24. The van der Waals surface area contributed by atoms with Gasteiger partial charge in [-0.3, -0.25) is 4.79 Å². The summed E-state index contributed by atoms with van der Waals surface area (Å²) in [6.07, 6.45) is 1.35. The molecule has 6 nitrogen and oxygen atoms in total. The molecular formula is C12H11N3O3S. The van der Waals surface area contributed by atoms with Crippen LogP contribution in [0.2, 0.25) is 0 Å². The lowest BCUT2D eigenvalue weighted by molar-refractivity contribution is -0.143. The van der Waals surface area contributed by atoms with Crippen LogP contribution in [0.25, 0.3) is 0 Å². The quantitative estimate of drug-likeness (QED) is 0.849. The van der Waals surface area contributed by atoms with Crippen LogP contribution in [0.3, 0.4) is 0 Å². The summed E-state index contributed by atoms with van der Waals surface area (Å²) in [4.78, 5) is 24.0. The Balaban J connectivity index is 2.20. The van der Waals surface area contributed by atoms with Crippen LogP contribution < -0.4 is 5.32 Å². The highest BCUT2D eigenvalue weighted by molar-refractivity contribution is 7.07. The maximum absolute atomic E-state index is 11.9. The summed E-state index contributed by atoms with van der Waals surface area (Å²) < 4.78 is 8.31. The number of ether oxygens (including phenoxy) is 1. The van der Waals surface area contributed by atoms with E-state index in [0.29, 0.717) is 10.4 Å². The highest BCUT2D eigenvalue weighted by Crippen LogP contribution is 2.15. The molecule has 0 spiro atoms. The van der Waals surface area contributed by atoms with E-state index in [-0.39, 0.29) is 0 Å². The van der Waals surface area contributed by atoms with Crippen molar-refractivity contribution in [2.75, 3.05) is 7.11 Å². The smallest absolute Gasteiger partial charge is 0.333 e. The molecule has 0 aliphatic carbocycles. The minimum absolute atomic E-state index is 0.338. The first kappa shape index (κ1) is 13.2. The van der Waals surface area contributed by atoms with Crippen LogP contribution in [-0.4, -0.2) is 28.6 Å². The second-order valence-corrected chi connectivity index (χ2v) is 4.41. The third-order valence-electron chi connectivity index (χ3n) is 2.43. The minimum atomic E-state index is -0.846.